The molecular weight excluding hydrogens is 130 g/mol. The van der Waals surface area contributed by atoms with Crippen LogP contribution in [0.2, 0.25) is 0 Å². The van der Waals surface area contributed by atoms with E-state index in [1.807, 2.05) is 0 Å². The van der Waals surface area contributed by atoms with E-state index in [0.29, 0.717) is 0 Å². The van der Waals surface area contributed by atoms with Crippen LogP contribution in [-0.2, 0) is 4.79 Å². The van der Waals surface area contributed by atoms with Gasteiger partial charge in [0.1, 0.15) is 5.76 Å². The molecule has 1 amide bonds. The largest absolute Gasteiger partial charge is 0.508 e. The van der Waals surface area contributed by atoms with Crippen LogP contribution in [-0.4, -0.2) is 11.0 Å². The first-order valence-corrected chi connectivity index (χ1v) is 2.60. The third-order valence-electron chi connectivity index (χ3n) is 0.861. The lowest BCUT2D eigenvalue weighted by Gasteiger charge is -1.96. The molecule has 0 aliphatic heterocycles. The summed E-state index contributed by atoms with van der Waals surface area (Å²) in [6.45, 7) is 6.46. The molecule has 3 N–H and O–H groups in total. The first-order valence-electron chi connectivity index (χ1n) is 2.60. The van der Waals surface area contributed by atoms with Crippen molar-refractivity contribution in [2.75, 3.05) is 0 Å². The molecule has 0 unspecified atom stereocenters. The first-order chi connectivity index (χ1) is 4.59. The van der Waals surface area contributed by atoms with Gasteiger partial charge in [-0.05, 0) is 6.08 Å². The fourth-order valence-electron chi connectivity index (χ4n) is 0.438. The standard InChI is InChI=1S/C7H9NO2/c1-3-4-6(5(2)9)7(8)10/h3-4,9H,1-2H2,(H2,8,10)/b6-4+. The maximum absolute atomic E-state index is 10.4. The summed E-state index contributed by atoms with van der Waals surface area (Å²) in [5.41, 5.74) is 4.83. The smallest absolute Gasteiger partial charge is 0.252 e. The van der Waals surface area contributed by atoms with Gasteiger partial charge in [0.25, 0.3) is 5.91 Å². The third kappa shape index (κ3) is 2.17. The maximum Gasteiger partial charge on any atom is 0.252 e. The summed E-state index contributed by atoms with van der Waals surface area (Å²) in [5, 5.41) is 8.70. The molecule has 0 saturated carbocycles. The van der Waals surface area contributed by atoms with E-state index in [-0.39, 0.29) is 11.3 Å². The van der Waals surface area contributed by atoms with Crippen molar-refractivity contribution in [3.63, 3.8) is 0 Å². The molecule has 3 heteroatoms. The summed E-state index contributed by atoms with van der Waals surface area (Å²) < 4.78 is 0. The Morgan fingerprint density at radius 3 is 2.20 bits per heavy atom. The molecule has 0 aliphatic rings. The van der Waals surface area contributed by atoms with Gasteiger partial charge in [0.05, 0.1) is 5.57 Å². The highest BCUT2D eigenvalue weighted by Gasteiger charge is 2.05. The second-order valence-corrected chi connectivity index (χ2v) is 1.63. The second-order valence-electron chi connectivity index (χ2n) is 1.63. The summed E-state index contributed by atoms with van der Waals surface area (Å²) in [4.78, 5) is 10.4. The molecule has 0 spiro atoms. The van der Waals surface area contributed by atoms with Crippen molar-refractivity contribution in [1.82, 2.24) is 0 Å². The van der Waals surface area contributed by atoms with E-state index in [0.717, 1.165) is 0 Å². The fraction of sp³-hybridized carbons (Fsp3) is 0. The molecule has 3 nitrogen and oxygen atoms in total. The Labute approximate surface area is 59.2 Å². The van der Waals surface area contributed by atoms with Crippen molar-refractivity contribution in [3.8, 4) is 0 Å². The number of hydrogen-bond acceptors (Lipinski definition) is 2. The number of aliphatic hydroxyl groups excluding tert-OH is 1. The van der Waals surface area contributed by atoms with Crippen molar-refractivity contribution >= 4 is 5.91 Å². The zero-order valence-electron chi connectivity index (χ0n) is 5.50. The predicted molar refractivity (Wildman–Crippen MR) is 39.2 cm³/mol. The van der Waals surface area contributed by atoms with Crippen molar-refractivity contribution < 1.29 is 9.90 Å². The van der Waals surface area contributed by atoms with Crippen LogP contribution in [0.1, 0.15) is 0 Å². The highest BCUT2D eigenvalue weighted by atomic mass is 16.3. The van der Waals surface area contributed by atoms with Crippen LogP contribution < -0.4 is 5.73 Å². The highest BCUT2D eigenvalue weighted by molar-refractivity contribution is 5.95. The van der Waals surface area contributed by atoms with Gasteiger partial charge < -0.3 is 10.8 Å². The molecule has 10 heavy (non-hydrogen) atoms. The van der Waals surface area contributed by atoms with Crippen molar-refractivity contribution in [2.45, 2.75) is 0 Å². The van der Waals surface area contributed by atoms with Crippen LogP contribution in [0.5, 0.6) is 0 Å². The third-order valence-corrected chi connectivity index (χ3v) is 0.861. The quantitative estimate of drug-likeness (QED) is 0.342. The molecule has 0 aromatic heterocycles. The Morgan fingerprint density at radius 1 is 1.60 bits per heavy atom. The molecule has 54 valence electrons. The van der Waals surface area contributed by atoms with E-state index in [1.54, 1.807) is 0 Å². The van der Waals surface area contributed by atoms with Gasteiger partial charge in [-0.3, -0.25) is 4.79 Å². The number of hydrogen-bond donors (Lipinski definition) is 2. The molecule has 0 aromatic rings. The summed E-state index contributed by atoms with van der Waals surface area (Å²) in [7, 11) is 0. The highest BCUT2D eigenvalue weighted by Crippen LogP contribution is 2.01. The molecule has 0 aromatic carbocycles. The van der Waals surface area contributed by atoms with Crippen LogP contribution >= 0.6 is 0 Å². The lowest BCUT2D eigenvalue weighted by atomic mass is 10.2. The van der Waals surface area contributed by atoms with Crippen LogP contribution in [0.3, 0.4) is 0 Å². The number of aliphatic hydroxyl groups is 1. The molecule has 0 aliphatic carbocycles. The summed E-state index contributed by atoms with van der Waals surface area (Å²) in [6, 6.07) is 0. The number of rotatable bonds is 3. The Balaban J connectivity index is 4.58. The molecule has 0 heterocycles. The number of carbonyl (C=O) groups excluding carboxylic acids is 1. The van der Waals surface area contributed by atoms with Crippen molar-refractivity contribution in [1.29, 1.82) is 0 Å². The Kier molecular flexibility index (Phi) is 2.97. The minimum Gasteiger partial charge on any atom is -0.508 e. The SMILES string of the molecule is C=C/C=C(\C(=C)O)C(N)=O. The van der Waals surface area contributed by atoms with Gasteiger partial charge in [0.15, 0.2) is 0 Å². The van der Waals surface area contributed by atoms with Crippen LogP contribution in [0.15, 0.2) is 36.6 Å². The lowest BCUT2D eigenvalue weighted by molar-refractivity contribution is -0.114. The fourth-order valence-corrected chi connectivity index (χ4v) is 0.438. The number of nitrogens with two attached hydrogens (primary N) is 1. The first kappa shape index (κ1) is 8.49. The monoisotopic (exact) mass is 139 g/mol. The average Bonchev–Trinajstić information content (AvgIpc) is 1.81. The second kappa shape index (κ2) is 3.50. The Morgan fingerprint density at radius 2 is 2.10 bits per heavy atom. The zero-order chi connectivity index (χ0) is 8.15. The molecule has 0 atom stereocenters. The minimum absolute atomic E-state index is 0.0185. The van der Waals surface area contributed by atoms with Crippen molar-refractivity contribution in [2.24, 2.45) is 5.73 Å². The average molecular weight is 139 g/mol. The number of allylic oxidation sites excluding steroid dienone is 2. The van der Waals surface area contributed by atoms with E-state index in [2.05, 4.69) is 13.2 Å². The Bertz CT molecular complexity index is 188. The molecule has 0 fully saturated rings. The van der Waals surface area contributed by atoms with Crippen molar-refractivity contribution in [3.05, 3.63) is 36.6 Å². The van der Waals surface area contributed by atoms with Crippen LogP contribution in [0, 0.1) is 0 Å². The van der Waals surface area contributed by atoms with Crippen LogP contribution in [0.25, 0.3) is 0 Å². The summed E-state index contributed by atoms with van der Waals surface area (Å²) >= 11 is 0. The minimum atomic E-state index is -0.715. The van der Waals surface area contributed by atoms with E-state index < -0.39 is 5.91 Å². The molecule has 0 rings (SSSR count). The molecule has 0 radical (unpaired) electrons. The van der Waals surface area contributed by atoms with Gasteiger partial charge >= 0.3 is 0 Å². The number of amides is 1. The molecular formula is C7H9NO2. The van der Waals surface area contributed by atoms with Gasteiger partial charge in [-0.25, -0.2) is 0 Å². The van der Waals surface area contributed by atoms with E-state index in [1.165, 1.54) is 12.2 Å². The van der Waals surface area contributed by atoms with Gasteiger partial charge in [-0.2, -0.15) is 0 Å². The summed E-state index contributed by atoms with van der Waals surface area (Å²) in [6.07, 6.45) is 2.64. The van der Waals surface area contributed by atoms with Gasteiger partial charge in [-0.15, -0.1) is 0 Å². The number of carbonyl (C=O) groups is 1. The predicted octanol–water partition coefficient (Wildman–Crippen LogP) is 0.656. The van der Waals surface area contributed by atoms with Crippen LogP contribution in [0.4, 0.5) is 0 Å². The van der Waals surface area contributed by atoms with E-state index >= 15 is 0 Å². The topological polar surface area (TPSA) is 63.3 Å². The molecule has 0 saturated heterocycles. The summed E-state index contributed by atoms with van der Waals surface area (Å²) in [5.74, 6) is -1.06. The maximum atomic E-state index is 10.4. The normalized spacial score (nSPS) is 10.6. The van der Waals surface area contributed by atoms with E-state index in [4.69, 9.17) is 10.8 Å². The number of primary amides is 1. The van der Waals surface area contributed by atoms with Gasteiger partial charge in [0.2, 0.25) is 0 Å². The van der Waals surface area contributed by atoms with Gasteiger partial charge in [-0.1, -0.05) is 19.2 Å². The lowest BCUT2D eigenvalue weighted by Crippen LogP contribution is -2.14. The Hall–Kier alpha value is -1.51. The molecule has 0 bridgehead atoms. The zero-order valence-corrected chi connectivity index (χ0v) is 5.50. The van der Waals surface area contributed by atoms with E-state index in [9.17, 15) is 4.79 Å². The van der Waals surface area contributed by atoms with Gasteiger partial charge in [0, 0.05) is 0 Å².